The molecule has 6 nitrogen and oxygen atoms in total. The van der Waals surface area contributed by atoms with Crippen molar-refractivity contribution in [1.29, 1.82) is 0 Å². The van der Waals surface area contributed by atoms with Gasteiger partial charge in [0, 0.05) is 23.2 Å². The molecule has 0 radical (unpaired) electrons. The molecule has 0 saturated carbocycles. The largest absolute Gasteiger partial charge is 0.363 e. The zero-order valence-electron chi connectivity index (χ0n) is 14.2. The van der Waals surface area contributed by atoms with Crippen molar-refractivity contribution in [2.24, 2.45) is 0 Å². The van der Waals surface area contributed by atoms with Crippen LogP contribution >= 0.6 is 11.6 Å². The molecule has 0 aliphatic carbocycles. The number of benzene rings is 1. The summed E-state index contributed by atoms with van der Waals surface area (Å²) >= 11 is 5.97. The van der Waals surface area contributed by atoms with Gasteiger partial charge in [-0.25, -0.2) is 0 Å². The Kier molecular flexibility index (Phi) is 7.47. The van der Waals surface area contributed by atoms with Gasteiger partial charge in [-0.15, -0.1) is 0 Å². The molecular weight excluding hydrogens is 342 g/mol. The van der Waals surface area contributed by atoms with E-state index >= 15 is 0 Å². The Labute approximate surface area is 152 Å². The number of carbonyl (C=O) groups excluding carboxylic acids is 2. The maximum atomic E-state index is 12.8. The Bertz CT molecular complexity index is 689. The predicted octanol–water partition coefficient (Wildman–Crippen LogP) is 3.99. The maximum absolute atomic E-state index is 12.8. The van der Waals surface area contributed by atoms with Gasteiger partial charge in [0.05, 0.1) is 0 Å². The summed E-state index contributed by atoms with van der Waals surface area (Å²) in [5, 5.41) is 6.73. The number of hydrogen-bond acceptors (Lipinski definition) is 4. The molecule has 0 unspecified atom stereocenters. The van der Waals surface area contributed by atoms with E-state index in [0.717, 1.165) is 25.7 Å². The molecular formula is C18H22ClN3O3. The third kappa shape index (κ3) is 6.23. The van der Waals surface area contributed by atoms with Gasteiger partial charge in [0.15, 0.2) is 5.82 Å². The van der Waals surface area contributed by atoms with Gasteiger partial charge < -0.3 is 14.7 Å². The smallest absolute Gasteiger partial charge is 0.254 e. The number of halogens is 1. The Hall–Kier alpha value is -2.34. The highest BCUT2D eigenvalue weighted by molar-refractivity contribution is 6.31. The number of unbranched alkanes of at least 4 members (excludes halogenated alkanes) is 3. The van der Waals surface area contributed by atoms with Crippen molar-refractivity contribution in [2.45, 2.75) is 32.6 Å². The second kappa shape index (κ2) is 9.84. The van der Waals surface area contributed by atoms with Crippen LogP contribution in [-0.2, 0) is 4.79 Å². The summed E-state index contributed by atoms with van der Waals surface area (Å²) in [6.45, 7) is 2.59. The quantitative estimate of drug-likeness (QED) is 0.683. The van der Waals surface area contributed by atoms with Gasteiger partial charge in [0.2, 0.25) is 5.91 Å². The van der Waals surface area contributed by atoms with Crippen molar-refractivity contribution in [1.82, 2.24) is 10.1 Å². The van der Waals surface area contributed by atoms with E-state index in [1.165, 1.54) is 11.2 Å². The van der Waals surface area contributed by atoms with Crippen molar-refractivity contribution in [3.8, 4) is 0 Å². The number of carbonyl (C=O) groups is 2. The standard InChI is InChI=1S/C18H22ClN3O3/c1-2-3-4-5-10-22(13-17(23)20-16-9-11-25-21-16)18(24)14-7-6-8-15(19)12-14/h6-9,11-12H,2-5,10,13H2,1H3,(H,20,21,23). The molecule has 1 aromatic carbocycles. The summed E-state index contributed by atoms with van der Waals surface area (Å²) in [5.74, 6) is -0.208. The minimum atomic E-state index is -0.320. The number of anilines is 1. The van der Waals surface area contributed by atoms with E-state index in [0.29, 0.717) is 22.9 Å². The summed E-state index contributed by atoms with van der Waals surface area (Å²) < 4.78 is 4.68. The Morgan fingerprint density at radius 1 is 1.24 bits per heavy atom. The molecule has 0 spiro atoms. The van der Waals surface area contributed by atoms with Crippen molar-refractivity contribution < 1.29 is 14.1 Å². The van der Waals surface area contributed by atoms with Gasteiger partial charge in [0.1, 0.15) is 12.8 Å². The van der Waals surface area contributed by atoms with E-state index in [1.54, 1.807) is 30.3 Å². The van der Waals surface area contributed by atoms with Crippen LogP contribution in [0.15, 0.2) is 41.1 Å². The maximum Gasteiger partial charge on any atom is 0.254 e. The Morgan fingerprint density at radius 3 is 2.76 bits per heavy atom. The fraction of sp³-hybridized carbons (Fsp3) is 0.389. The average molecular weight is 364 g/mol. The Morgan fingerprint density at radius 2 is 2.08 bits per heavy atom. The topological polar surface area (TPSA) is 75.4 Å². The number of hydrogen-bond donors (Lipinski definition) is 1. The SMILES string of the molecule is CCCCCCN(CC(=O)Nc1ccon1)C(=O)c1cccc(Cl)c1. The van der Waals surface area contributed by atoms with Crippen molar-refractivity contribution in [2.75, 3.05) is 18.4 Å². The molecule has 0 aliphatic rings. The van der Waals surface area contributed by atoms with Crippen LogP contribution in [0.25, 0.3) is 0 Å². The molecule has 0 atom stereocenters. The van der Waals surface area contributed by atoms with Crippen LogP contribution in [0.2, 0.25) is 5.02 Å². The third-order valence-electron chi connectivity index (χ3n) is 3.68. The van der Waals surface area contributed by atoms with Gasteiger partial charge in [0.25, 0.3) is 5.91 Å². The van der Waals surface area contributed by atoms with Gasteiger partial charge in [-0.05, 0) is 24.6 Å². The molecule has 2 rings (SSSR count). The first-order chi connectivity index (χ1) is 12.1. The fourth-order valence-electron chi connectivity index (χ4n) is 2.42. The summed E-state index contributed by atoms with van der Waals surface area (Å²) in [4.78, 5) is 26.5. The molecule has 1 N–H and O–H groups in total. The van der Waals surface area contributed by atoms with Gasteiger partial charge in [-0.3, -0.25) is 9.59 Å². The highest BCUT2D eigenvalue weighted by atomic mass is 35.5. The summed E-state index contributed by atoms with van der Waals surface area (Å²) in [5.41, 5.74) is 0.470. The first-order valence-electron chi connectivity index (χ1n) is 8.35. The van der Waals surface area contributed by atoms with Gasteiger partial charge in [-0.1, -0.05) is 49.0 Å². The molecule has 2 amide bonds. The van der Waals surface area contributed by atoms with Crippen LogP contribution in [0.4, 0.5) is 5.82 Å². The minimum absolute atomic E-state index is 0.0513. The van der Waals surface area contributed by atoms with E-state index in [9.17, 15) is 9.59 Å². The van der Waals surface area contributed by atoms with Gasteiger partial charge >= 0.3 is 0 Å². The second-order valence-corrected chi connectivity index (χ2v) is 6.17. The normalized spacial score (nSPS) is 10.5. The average Bonchev–Trinajstić information content (AvgIpc) is 3.10. The van der Waals surface area contributed by atoms with Crippen LogP contribution in [-0.4, -0.2) is 35.0 Å². The molecule has 1 aromatic heterocycles. The third-order valence-corrected chi connectivity index (χ3v) is 3.92. The van der Waals surface area contributed by atoms with Crippen LogP contribution < -0.4 is 5.32 Å². The molecule has 0 saturated heterocycles. The highest BCUT2D eigenvalue weighted by Crippen LogP contribution is 2.14. The summed E-state index contributed by atoms with van der Waals surface area (Å²) in [7, 11) is 0. The number of amides is 2. The number of aromatic nitrogens is 1. The first-order valence-corrected chi connectivity index (χ1v) is 8.73. The van der Waals surface area contributed by atoms with Crippen molar-refractivity contribution in [3.05, 3.63) is 47.2 Å². The van der Waals surface area contributed by atoms with Crippen molar-refractivity contribution >= 4 is 29.2 Å². The van der Waals surface area contributed by atoms with E-state index in [1.807, 2.05) is 0 Å². The molecule has 0 bridgehead atoms. The van der Waals surface area contributed by atoms with E-state index in [4.69, 9.17) is 11.6 Å². The molecule has 0 aliphatic heterocycles. The zero-order chi connectivity index (χ0) is 18.1. The molecule has 25 heavy (non-hydrogen) atoms. The second-order valence-electron chi connectivity index (χ2n) is 5.73. The fourth-order valence-corrected chi connectivity index (χ4v) is 2.61. The lowest BCUT2D eigenvalue weighted by atomic mass is 10.1. The number of nitrogens with zero attached hydrogens (tertiary/aromatic N) is 2. The summed E-state index contributed by atoms with van der Waals surface area (Å²) in [6, 6.07) is 8.28. The number of nitrogens with one attached hydrogen (secondary N) is 1. The molecule has 1 heterocycles. The van der Waals surface area contributed by atoms with Crippen LogP contribution in [0.5, 0.6) is 0 Å². The number of rotatable bonds is 9. The lowest BCUT2D eigenvalue weighted by Gasteiger charge is -2.22. The molecule has 2 aromatic rings. The van der Waals surface area contributed by atoms with Crippen LogP contribution in [0.3, 0.4) is 0 Å². The van der Waals surface area contributed by atoms with Crippen LogP contribution in [0, 0.1) is 0 Å². The molecule has 0 fully saturated rings. The lowest BCUT2D eigenvalue weighted by molar-refractivity contribution is -0.117. The highest BCUT2D eigenvalue weighted by Gasteiger charge is 2.19. The van der Waals surface area contributed by atoms with E-state index in [-0.39, 0.29) is 18.4 Å². The lowest BCUT2D eigenvalue weighted by Crippen LogP contribution is -2.38. The zero-order valence-corrected chi connectivity index (χ0v) is 15.0. The summed E-state index contributed by atoms with van der Waals surface area (Å²) in [6.07, 6.45) is 5.44. The van der Waals surface area contributed by atoms with Crippen LogP contribution in [0.1, 0.15) is 43.0 Å². The van der Waals surface area contributed by atoms with E-state index < -0.39 is 0 Å². The molecule has 134 valence electrons. The molecule has 7 heteroatoms. The van der Waals surface area contributed by atoms with Gasteiger partial charge in [-0.2, -0.15) is 0 Å². The Balaban J connectivity index is 2.03. The van der Waals surface area contributed by atoms with Crippen molar-refractivity contribution in [3.63, 3.8) is 0 Å². The minimum Gasteiger partial charge on any atom is -0.363 e. The van der Waals surface area contributed by atoms with E-state index in [2.05, 4.69) is 21.9 Å². The first kappa shape index (κ1) is 19.0. The predicted molar refractivity (Wildman–Crippen MR) is 96.6 cm³/mol. The monoisotopic (exact) mass is 363 g/mol.